The molecule has 0 aromatic carbocycles. The molecule has 78 valence electrons. The number of hydrogen-bond acceptors (Lipinski definition) is 4. The first-order chi connectivity index (χ1) is 5.95. The molecule has 0 aliphatic heterocycles. The second kappa shape index (κ2) is 5.89. The molecule has 7 heteroatoms. The molecule has 0 aliphatic carbocycles. The predicted molar refractivity (Wildman–Crippen MR) is 54.0 cm³/mol. The maximum atomic E-state index is 5.31. The Balaban J connectivity index is 3.36. The molecule has 0 saturated heterocycles. The lowest BCUT2D eigenvalue weighted by molar-refractivity contribution is 0.0306. The first-order valence-corrected chi connectivity index (χ1v) is 7.87. The molecule has 4 N–H and O–H groups in total. The number of hydrazine groups is 1. The summed E-state index contributed by atoms with van der Waals surface area (Å²) in [5.41, 5.74) is 0. The number of rotatable bonds is 6. The van der Waals surface area contributed by atoms with Crippen molar-refractivity contribution >= 4 is 8.07 Å². The first-order valence-electron chi connectivity index (χ1n) is 4.16. The summed E-state index contributed by atoms with van der Waals surface area (Å²) >= 11 is 0. The Morgan fingerprint density at radius 1 is 1.38 bits per heavy atom. The molecule has 6 nitrogen and oxygen atoms in total. The molecular formula is C6H19N5OSi. The van der Waals surface area contributed by atoms with Crippen LogP contribution in [-0.2, 0) is 4.74 Å². The van der Waals surface area contributed by atoms with Gasteiger partial charge in [0, 0.05) is 14.7 Å². The van der Waals surface area contributed by atoms with Crippen molar-refractivity contribution in [3.05, 3.63) is 0 Å². The number of nitrogens with zero attached hydrogens (tertiary/aromatic N) is 3. The van der Waals surface area contributed by atoms with Crippen molar-refractivity contribution in [3.8, 4) is 0 Å². The van der Waals surface area contributed by atoms with Gasteiger partial charge in [-0.05, 0) is 11.3 Å². The van der Waals surface area contributed by atoms with E-state index >= 15 is 0 Å². The van der Waals surface area contributed by atoms with Gasteiger partial charge in [-0.3, -0.25) is 0 Å². The summed E-state index contributed by atoms with van der Waals surface area (Å²) in [6, 6.07) is 1.11. The Hall–Kier alpha value is -0.663. The van der Waals surface area contributed by atoms with Crippen LogP contribution in [0, 0.1) is 0 Å². The fourth-order valence-corrected chi connectivity index (χ4v) is 1.39. The maximum absolute atomic E-state index is 5.31. The van der Waals surface area contributed by atoms with Crippen LogP contribution in [0.15, 0.2) is 10.4 Å². The van der Waals surface area contributed by atoms with Crippen LogP contribution in [0.3, 0.4) is 0 Å². The summed E-state index contributed by atoms with van der Waals surface area (Å²) in [5.74, 6) is 10.1. The van der Waals surface area contributed by atoms with E-state index in [0.717, 1.165) is 11.2 Å². The molecule has 0 atom stereocenters. The van der Waals surface area contributed by atoms with Crippen LogP contribution in [0.25, 0.3) is 0 Å². The average Bonchev–Trinajstić information content (AvgIpc) is 1.97. The third kappa shape index (κ3) is 9.25. The van der Waals surface area contributed by atoms with Crippen LogP contribution in [0.5, 0.6) is 0 Å². The van der Waals surface area contributed by atoms with Crippen LogP contribution >= 0.6 is 0 Å². The molecule has 0 fully saturated rings. The van der Waals surface area contributed by atoms with Crippen molar-refractivity contribution in [1.29, 1.82) is 0 Å². The summed E-state index contributed by atoms with van der Waals surface area (Å²) in [6.45, 7) is 7.80. The van der Waals surface area contributed by atoms with Crippen molar-refractivity contribution in [2.75, 3.05) is 13.3 Å². The van der Waals surface area contributed by atoms with Gasteiger partial charge in [0.2, 0.25) is 0 Å². The Bertz CT molecular complexity index is 158. The maximum Gasteiger partial charge on any atom is 0.152 e. The lowest BCUT2D eigenvalue weighted by Crippen LogP contribution is -2.29. The van der Waals surface area contributed by atoms with Crippen molar-refractivity contribution in [3.63, 3.8) is 0 Å². The summed E-state index contributed by atoms with van der Waals surface area (Å²) in [6.07, 6.45) is 0. The molecular weight excluding hydrogens is 186 g/mol. The standard InChI is InChI=1S/C6H19N5OSi/c1-13(2,3)5-4-12-6-11(8)10-9-7/h4-6,8H2,1-3H3,(H2,7,10). The lowest BCUT2D eigenvalue weighted by atomic mass is 10.8. The van der Waals surface area contributed by atoms with Gasteiger partial charge in [-0.2, -0.15) is 5.12 Å². The molecule has 0 bridgehead atoms. The second-order valence-corrected chi connectivity index (χ2v) is 9.61. The van der Waals surface area contributed by atoms with Crippen LogP contribution in [0.4, 0.5) is 0 Å². The van der Waals surface area contributed by atoms with Gasteiger partial charge in [0.1, 0.15) is 0 Å². The molecule has 0 radical (unpaired) electrons. The Labute approximate surface area is 79.9 Å². The molecule has 0 saturated carbocycles. The van der Waals surface area contributed by atoms with E-state index in [9.17, 15) is 0 Å². The topological polar surface area (TPSA) is 89.2 Å². The molecule has 0 rings (SSSR count). The smallest absolute Gasteiger partial charge is 0.152 e. The van der Waals surface area contributed by atoms with E-state index in [0.29, 0.717) is 6.61 Å². The van der Waals surface area contributed by atoms with Gasteiger partial charge in [-0.15, -0.1) is 0 Å². The molecule has 0 unspecified atom stereocenters. The number of nitrogens with two attached hydrogens (primary N) is 2. The quantitative estimate of drug-likeness (QED) is 0.167. The zero-order valence-corrected chi connectivity index (χ0v) is 9.53. The van der Waals surface area contributed by atoms with Crippen molar-refractivity contribution in [2.45, 2.75) is 25.7 Å². The molecule has 0 aromatic rings. The highest BCUT2D eigenvalue weighted by atomic mass is 28.3. The van der Waals surface area contributed by atoms with Gasteiger partial charge in [-0.25, -0.2) is 5.84 Å². The Morgan fingerprint density at radius 2 is 2.00 bits per heavy atom. The molecule has 13 heavy (non-hydrogen) atoms. The Morgan fingerprint density at radius 3 is 2.46 bits per heavy atom. The zero-order valence-electron chi connectivity index (χ0n) is 8.53. The summed E-state index contributed by atoms with van der Waals surface area (Å²) in [7, 11) is -1.01. The summed E-state index contributed by atoms with van der Waals surface area (Å²) < 4.78 is 5.25. The van der Waals surface area contributed by atoms with E-state index in [-0.39, 0.29) is 6.73 Å². The van der Waals surface area contributed by atoms with Crippen LogP contribution in [0.2, 0.25) is 25.7 Å². The van der Waals surface area contributed by atoms with Gasteiger partial charge in [0.25, 0.3) is 0 Å². The van der Waals surface area contributed by atoms with E-state index in [1.165, 1.54) is 0 Å². The molecule has 0 aromatic heterocycles. The molecule has 0 heterocycles. The highest BCUT2D eigenvalue weighted by Gasteiger charge is 2.11. The van der Waals surface area contributed by atoms with E-state index in [4.69, 9.17) is 16.4 Å². The fraction of sp³-hybridized carbons (Fsp3) is 1.00. The van der Waals surface area contributed by atoms with Gasteiger partial charge in [-0.1, -0.05) is 24.9 Å². The molecule has 0 aliphatic rings. The van der Waals surface area contributed by atoms with Gasteiger partial charge >= 0.3 is 0 Å². The lowest BCUT2D eigenvalue weighted by Gasteiger charge is -2.16. The zero-order chi connectivity index (χ0) is 10.3. The Kier molecular flexibility index (Phi) is 5.59. The summed E-state index contributed by atoms with van der Waals surface area (Å²) in [5, 5.41) is 7.44. The van der Waals surface area contributed by atoms with Gasteiger partial charge in [0.05, 0.1) is 0 Å². The van der Waals surface area contributed by atoms with E-state index in [1.54, 1.807) is 0 Å². The van der Waals surface area contributed by atoms with E-state index < -0.39 is 8.07 Å². The number of ether oxygens (including phenoxy) is 1. The van der Waals surface area contributed by atoms with Crippen LogP contribution in [-0.4, -0.2) is 26.5 Å². The fourth-order valence-electron chi connectivity index (χ4n) is 0.629. The predicted octanol–water partition coefficient (Wildman–Crippen LogP) is 0.715. The highest BCUT2D eigenvalue weighted by molar-refractivity contribution is 6.76. The second-order valence-electron chi connectivity index (χ2n) is 3.99. The van der Waals surface area contributed by atoms with Crippen molar-refractivity contribution in [2.24, 2.45) is 22.1 Å². The average molecular weight is 205 g/mol. The van der Waals surface area contributed by atoms with Crippen molar-refractivity contribution < 1.29 is 4.74 Å². The summed E-state index contributed by atoms with van der Waals surface area (Å²) in [4.78, 5) is 0. The molecule has 0 amide bonds. The third-order valence-electron chi connectivity index (χ3n) is 1.39. The largest absolute Gasteiger partial charge is 0.358 e. The monoisotopic (exact) mass is 205 g/mol. The molecule has 0 spiro atoms. The van der Waals surface area contributed by atoms with E-state index in [2.05, 4.69) is 30.1 Å². The van der Waals surface area contributed by atoms with Gasteiger partial charge in [0.15, 0.2) is 6.73 Å². The van der Waals surface area contributed by atoms with Crippen molar-refractivity contribution in [1.82, 2.24) is 5.12 Å². The van der Waals surface area contributed by atoms with Crippen LogP contribution < -0.4 is 11.7 Å². The van der Waals surface area contributed by atoms with Gasteiger partial charge < -0.3 is 10.6 Å². The minimum Gasteiger partial charge on any atom is -0.358 e. The minimum atomic E-state index is -1.01. The SMILES string of the molecule is C[Si](C)(C)CCOCN(N)/N=N\N. The normalized spacial score (nSPS) is 12.3. The van der Waals surface area contributed by atoms with E-state index in [1.807, 2.05) is 0 Å². The highest BCUT2D eigenvalue weighted by Crippen LogP contribution is 2.07. The first kappa shape index (κ1) is 12.3. The third-order valence-corrected chi connectivity index (χ3v) is 3.09. The number of hydrogen-bond donors (Lipinski definition) is 2. The van der Waals surface area contributed by atoms with Crippen LogP contribution in [0.1, 0.15) is 0 Å². The minimum absolute atomic E-state index is 0.227.